The van der Waals surface area contributed by atoms with Crippen LogP contribution in [0, 0.1) is 23.7 Å². The summed E-state index contributed by atoms with van der Waals surface area (Å²) in [5.74, 6) is 3.82. The Labute approximate surface area is 110 Å². The molecule has 104 valence electrons. The molecule has 0 saturated heterocycles. The van der Waals surface area contributed by atoms with Crippen LogP contribution in [-0.2, 0) is 4.74 Å². The van der Waals surface area contributed by atoms with E-state index in [0.29, 0.717) is 6.04 Å². The molecule has 0 aliphatic heterocycles. The Balaban J connectivity index is 1.58. The summed E-state index contributed by atoms with van der Waals surface area (Å²) >= 11 is 0. The van der Waals surface area contributed by atoms with E-state index in [-0.39, 0.29) is 12.6 Å². The fraction of sp³-hybridized carbons (Fsp3) is 1.00. The summed E-state index contributed by atoms with van der Waals surface area (Å²) in [4.78, 5) is 0. The monoisotopic (exact) mass is 253 g/mol. The molecule has 4 bridgehead atoms. The van der Waals surface area contributed by atoms with Gasteiger partial charge < -0.3 is 15.2 Å². The van der Waals surface area contributed by atoms with Crippen molar-refractivity contribution in [2.45, 2.75) is 50.6 Å². The molecule has 0 aromatic rings. The van der Waals surface area contributed by atoms with E-state index >= 15 is 0 Å². The molecule has 2 N–H and O–H groups in total. The highest BCUT2D eigenvalue weighted by atomic mass is 16.5. The molecule has 0 amide bonds. The Morgan fingerprint density at radius 3 is 2.22 bits per heavy atom. The summed E-state index contributed by atoms with van der Waals surface area (Å²) in [6, 6.07) is 0.902. The molecule has 18 heavy (non-hydrogen) atoms. The van der Waals surface area contributed by atoms with Crippen LogP contribution in [-0.4, -0.2) is 37.5 Å². The number of hydrogen-bond acceptors (Lipinski definition) is 3. The number of ether oxygens (including phenoxy) is 1. The zero-order valence-electron chi connectivity index (χ0n) is 11.5. The second-order valence-electron chi connectivity index (χ2n) is 6.78. The number of methoxy groups -OCH3 is 1. The van der Waals surface area contributed by atoms with E-state index in [1.165, 1.54) is 32.1 Å². The smallest absolute Gasteiger partial charge is 0.0585 e. The van der Waals surface area contributed by atoms with Crippen molar-refractivity contribution < 1.29 is 9.84 Å². The number of nitrogens with one attached hydrogen (secondary N) is 1. The molecule has 1 unspecified atom stereocenters. The summed E-state index contributed by atoms with van der Waals surface area (Å²) in [6.45, 7) is 0.984. The first-order chi connectivity index (χ1) is 8.80. The van der Waals surface area contributed by atoms with Crippen LogP contribution in [0.1, 0.15) is 38.5 Å². The number of rotatable bonds is 6. The Morgan fingerprint density at radius 2 is 1.72 bits per heavy atom. The predicted octanol–water partition coefficient (Wildman–Crippen LogP) is 1.80. The second kappa shape index (κ2) is 5.48. The van der Waals surface area contributed by atoms with Gasteiger partial charge in [0, 0.05) is 25.8 Å². The first-order valence-electron chi connectivity index (χ1n) is 7.66. The molecule has 4 rings (SSSR count). The molecular weight excluding hydrogens is 226 g/mol. The quantitative estimate of drug-likeness (QED) is 0.758. The van der Waals surface area contributed by atoms with Gasteiger partial charge in [-0.05, 0) is 62.2 Å². The van der Waals surface area contributed by atoms with Crippen LogP contribution in [0.3, 0.4) is 0 Å². The average molecular weight is 253 g/mol. The predicted molar refractivity (Wildman–Crippen MR) is 71.3 cm³/mol. The van der Waals surface area contributed by atoms with E-state index in [4.69, 9.17) is 4.74 Å². The maximum Gasteiger partial charge on any atom is 0.0585 e. The van der Waals surface area contributed by atoms with Crippen LogP contribution in [0.15, 0.2) is 0 Å². The van der Waals surface area contributed by atoms with Gasteiger partial charge in [0.15, 0.2) is 0 Å². The van der Waals surface area contributed by atoms with Crippen LogP contribution in [0.2, 0.25) is 0 Å². The van der Waals surface area contributed by atoms with Crippen molar-refractivity contribution in [2.24, 2.45) is 23.7 Å². The highest BCUT2D eigenvalue weighted by Crippen LogP contribution is 2.53. The van der Waals surface area contributed by atoms with E-state index in [9.17, 15) is 5.11 Å². The zero-order valence-corrected chi connectivity index (χ0v) is 11.5. The van der Waals surface area contributed by atoms with Gasteiger partial charge in [-0.2, -0.15) is 0 Å². The Morgan fingerprint density at radius 1 is 1.11 bits per heavy atom. The Kier molecular flexibility index (Phi) is 3.92. The van der Waals surface area contributed by atoms with Gasteiger partial charge in [-0.3, -0.25) is 0 Å². The minimum Gasteiger partial charge on any atom is -0.395 e. The molecule has 0 aromatic carbocycles. The third-order valence-corrected chi connectivity index (χ3v) is 5.55. The van der Waals surface area contributed by atoms with Gasteiger partial charge in [-0.15, -0.1) is 0 Å². The third kappa shape index (κ3) is 2.45. The van der Waals surface area contributed by atoms with Gasteiger partial charge in [0.05, 0.1) is 6.61 Å². The van der Waals surface area contributed by atoms with Crippen molar-refractivity contribution in [3.8, 4) is 0 Å². The topological polar surface area (TPSA) is 41.5 Å². The van der Waals surface area contributed by atoms with Crippen LogP contribution in [0.5, 0.6) is 0 Å². The van der Waals surface area contributed by atoms with Crippen LogP contribution in [0.4, 0.5) is 0 Å². The standard InChI is InChI=1S/C15H27NO2/c1-18-3-2-14(9-17)16-15-12-5-10-4-11(7-12)8-13(15)6-10/h10-17H,2-9H2,1H3. The number of aliphatic hydroxyl groups is 1. The first-order valence-corrected chi connectivity index (χ1v) is 7.66. The maximum absolute atomic E-state index is 9.49. The van der Waals surface area contributed by atoms with Gasteiger partial charge in [-0.1, -0.05) is 0 Å². The van der Waals surface area contributed by atoms with E-state index in [0.717, 1.165) is 36.7 Å². The lowest BCUT2D eigenvalue weighted by atomic mass is 9.54. The van der Waals surface area contributed by atoms with Crippen molar-refractivity contribution in [2.75, 3.05) is 20.3 Å². The molecular formula is C15H27NO2. The third-order valence-electron chi connectivity index (χ3n) is 5.55. The molecule has 4 aliphatic carbocycles. The summed E-state index contributed by atoms with van der Waals surface area (Å²) in [6.07, 6.45) is 8.18. The lowest BCUT2D eigenvalue weighted by molar-refractivity contribution is -0.0215. The van der Waals surface area contributed by atoms with Crippen LogP contribution >= 0.6 is 0 Å². The lowest BCUT2D eigenvalue weighted by Gasteiger charge is -2.55. The summed E-state index contributed by atoms with van der Waals surface area (Å²) in [5.41, 5.74) is 0. The molecule has 3 heteroatoms. The van der Waals surface area contributed by atoms with Crippen LogP contribution < -0.4 is 5.32 Å². The van der Waals surface area contributed by atoms with Crippen LogP contribution in [0.25, 0.3) is 0 Å². The largest absolute Gasteiger partial charge is 0.395 e. The first kappa shape index (κ1) is 12.9. The van der Waals surface area contributed by atoms with Gasteiger partial charge in [0.1, 0.15) is 0 Å². The normalized spacial score (nSPS) is 43.3. The Bertz CT molecular complexity index is 254. The van der Waals surface area contributed by atoms with Gasteiger partial charge in [-0.25, -0.2) is 0 Å². The van der Waals surface area contributed by atoms with Crippen molar-refractivity contribution >= 4 is 0 Å². The molecule has 4 fully saturated rings. The summed E-state index contributed by atoms with van der Waals surface area (Å²) in [5, 5.41) is 13.2. The van der Waals surface area contributed by atoms with E-state index in [1.807, 2.05) is 0 Å². The number of aliphatic hydroxyl groups excluding tert-OH is 1. The zero-order chi connectivity index (χ0) is 12.5. The van der Waals surface area contributed by atoms with Crippen molar-refractivity contribution in [1.82, 2.24) is 5.32 Å². The minimum absolute atomic E-state index is 0.229. The van der Waals surface area contributed by atoms with Gasteiger partial charge in [0.2, 0.25) is 0 Å². The fourth-order valence-electron chi connectivity index (χ4n) is 4.96. The molecule has 3 nitrogen and oxygen atoms in total. The maximum atomic E-state index is 9.49. The van der Waals surface area contributed by atoms with Crippen molar-refractivity contribution in [3.05, 3.63) is 0 Å². The van der Waals surface area contributed by atoms with E-state index in [2.05, 4.69) is 5.32 Å². The van der Waals surface area contributed by atoms with Gasteiger partial charge in [0.25, 0.3) is 0 Å². The second-order valence-corrected chi connectivity index (χ2v) is 6.78. The molecule has 4 aliphatic rings. The minimum atomic E-state index is 0.229. The molecule has 1 atom stereocenters. The summed E-state index contributed by atoms with van der Waals surface area (Å²) in [7, 11) is 1.73. The molecule has 0 aromatic heterocycles. The molecule has 4 saturated carbocycles. The highest BCUT2D eigenvalue weighted by Gasteiger charge is 2.48. The highest BCUT2D eigenvalue weighted by molar-refractivity contribution is 5.02. The fourth-order valence-corrected chi connectivity index (χ4v) is 4.96. The van der Waals surface area contributed by atoms with Crippen molar-refractivity contribution in [3.63, 3.8) is 0 Å². The average Bonchev–Trinajstić information content (AvgIpc) is 2.36. The lowest BCUT2D eigenvalue weighted by Crippen LogP contribution is -2.57. The molecule has 0 radical (unpaired) electrons. The number of hydrogen-bond donors (Lipinski definition) is 2. The van der Waals surface area contributed by atoms with E-state index in [1.54, 1.807) is 7.11 Å². The Hall–Kier alpha value is -0.120. The van der Waals surface area contributed by atoms with Crippen molar-refractivity contribution in [1.29, 1.82) is 0 Å². The molecule has 0 spiro atoms. The van der Waals surface area contributed by atoms with E-state index < -0.39 is 0 Å². The van der Waals surface area contributed by atoms with Gasteiger partial charge >= 0.3 is 0 Å². The SMILES string of the molecule is COCCC(CO)NC1C2CC3CC(C2)CC1C3. The summed E-state index contributed by atoms with van der Waals surface area (Å²) < 4.78 is 5.13. The molecule has 0 heterocycles.